The van der Waals surface area contributed by atoms with Crippen LogP contribution in [0.2, 0.25) is 5.02 Å². The van der Waals surface area contributed by atoms with E-state index in [0.29, 0.717) is 5.02 Å². The number of halogens is 2. The molecule has 0 aliphatic heterocycles. The largest absolute Gasteiger partial charge is 0.274 e. The van der Waals surface area contributed by atoms with Crippen LogP contribution in [0.15, 0.2) is 12.3 Å². The first kappa shape index (κ1) is 8.50. The summed E-state index contributed by atoms with van der Waals surface area (Å²) in [6, 6.07) is 1.45. The summed E-state index contributed by atoms with van der Waals surface area (Å²) in [5.74, 6) is 0. The molecule has 0 aliphatic carbocycles. The highest BCUT2D eigenvalue weighted by Crippen LogP contribution is 2.15. The van der Waals surface area contributed by atoms with E-state index in [0.717, 1.165) is 5.56 Å². The second kappa shape index (κ2) is 3.20. The van der Waals surface area contributed by atoms with Gasteiger partial charge in [-0.3, -0.25) is 9.78 Å². The van der Waals surface area contributed by atoms with Crippen LogP contribution in [0.4, 0.5) is 0 Å². The third-order valence-electron chi connectivity index (χ3n) is 1.24. The van der Waals surface area contributed by atoms with E-state index in [2.05, 4.69) is 4.98 Å². The number of nitrogens with zero attached hydrogens (tertiary/aromatic N) is 1. The van der Waals surface area contributed by atoms with Gasteiger partial charge in [0.15, 0.2) is 0 Å². The number of aryl methyl sites for hydroxylation is 1. The lowest BCUT2D eigenvalue weighted by molar-refractivity contribution is 0.107. The van der Waals surface area contributed by atoms with Crippen molar-refractivity contribution in [2.75, 3.05) is 0 Å². The molecule has 0 amide bonds. The van der Waals surface area contributed by atoms with Gasteiger partial charge in [-0.15, -0.1) is 0 Å². The summed E-state index contributed by atoms with van der Waals surface area (Å²) in [7, 11) is 0. The number of rotatable bonds is 1. The number of pyridine rings is 1. The van der Waals surface area contributed by atoms with Crippen molar-refractivity contribution >= 4 is 28.4 Å². The molecule has 0 atom stereocenters. The third-order valence-corrected chi connectivity index (χ3v) is 1.84. The topological polar surface area (TPSA) is 30.0 Å². The van der Waals surface area contributed by atoms with Crippen molar-refractivity contribution in [1.29, 1.82) is 0 Å². The van der Waals surface area contributed by atoms with E-state index < -0.39 is 5.24 Å². The van der Waals surface area contributed by atoms with Crippen LogP contribution in [0.1, 0.15) is 16.1 Å². The fraction of sp³-hybridized carbons (Fsp3) is 0.143. The van der Waals surface area contributed by atoms with Gasteiger partial charge >= 0.3 is 0 Å². The molecule has 0 unspecified atom stereocenters. The van der Waals surface area contributed by atoms with Gasteiger partial charge in [-0.25, -0.2) is 0 Å². The lowest BCUT2D eigenvalue weighted by atomic mass is 10.3. The van der Waals surface area contributed by atoms with Gasteiger partial charge in [0.25, 0.3) is 5.24 Å². The van der Waals surface area contributed by atoms with Gasteiger partial charge in [0.2, 0.25) is 0 Å². The summed E-state index contributed by atoms with van der Waals surface area (Å²) in [5, 5.41) is -0.0871. The van der Waals surface area contributed by atoms with Crippen LogP contribution in [-0.4, -0.2) is 10.2 Å². The van der Waals surface area contributed by atoms with Crippen LogP contribution in [0.3, 0.4) is 0 Å². The molecule has 0 N–H and O–H groups in total. The first-order valence-electron chi connectivity index (χ1n) is 2.93. The minimum Gasteiger partial charge on any atom is -0.274 e. The zero-order valence-corrected chi connectivity index (χ0v) is 7.28. The average Bonchev–Trinajstić information content (AvgIpc) is 1.94. The van der Waals surface area contributed by atoms with Crippen LogP contribution in [0.25, 0.3) is 0 Å². The molecule has 1 aromatic rings. The Bertz CT molecular complexity index is 298. The molecule has 0 saturated carbocycles. The second-order valence-corrected chi connectivity index (χ2v) is 2.84. The second-order valence-electron chi connectivity index (χ2n) is 2.09. The van der Waals surface area contributed by atoms with Crippen LogP contribution in [0.5, 0.6) is 0 Å². The molecular formula is C7H5Cl2NO. The maximum atomic E-state index is 10.6. The molecule has 0 fully saturated rings. The highest BCUT2D eigenvalue weighted by atomic mass is 35.5. The summed E-state index contributed by atoms with van der Waals surface area (Å²) in [4.78, 5) is 14.3. The van der Waals surface area contributed by atoms with Gasteiger partial charge in [0.1, 0.15) is 5.69 Å². The first-order chi connectivity index (χ1) is 5.11. The maximum Gasteiger partial charge on any atom is 0.270 e. The maximum absolute atomic E-state index is 10.6. The van der Waals surface area contributed by atoms with Crippen LogP contribution in [-0.2, 0) is 0 Å². The number of carbonyl (C=O) groups is 1. The molecule has 0 bridgehead atoms. The molecule has 11 heavy (non-hydrogen) atoms. The van der Waals surface area contributed by atoms with Crippen molar-refractivity contribution in [2.45, 2.75) is 6.92 Å². The zero-order chi connectivity index (χ0) is 8.43. The number of aromatic nitrogens is 1. The van der Waals surface area contributed by atoms with Crippen molar-refractivity contribution in [3.05, 3.63) is 28.5 Å². The minimum atomic E-state index is -0.591. The van der Waals surface area contributed by atoms with Crippen molar-refractivity contribution in [2.24, 2.45) is 0 Å². The lowest BCUT2D eigenvalue weighted by Gasteiger charge is -1.96. The van der Waals surface area contributed by atoms with Gasteiger partial charge in [0.05, 0.1) is 0 Å². The summed E-state index contributed by atoms with van der Waals surface area (Å²) < 4.78 is 0. The molecule has 0 spiro atoms. The fourth-order valence-corrected chi connectivity index (χ4v) is 0.862. The van der Waals surface area contributed by atoms with Crippen molar-refractivity contribution in [3.63, 3.8) is 0 Å². The van der Waals surface area contributed by atoms with E-state index in [1.54, 1.807) is 6.92 Å². The summed E-state index contributed by atoms with van der Waals surface area (Å²) in [5.41, 5.74) is 1.01. The summed E-state index contributed by atoms with van der Waals surface area (Å²) >= 11 is 10.9. The zero-order valence-electron chi connectivity index (χ0n) is 5.77. The standard InChI is InChI=1S/C7H5Cl2NO/c1-4-3-10-6(7(9)11)2-5(4)8/h2-3H,1H3. The highest BCUT2D eigenvalue weighted by Gasteiger charge is 2.04. The fourth-order valence-electron chi connectivity index (χ4n) is 0.607. The SMILES string of the molecule is Cc1cnc(C(=O)Cl)cc1Cl. The smallest absolute Gasteiger partial charge is 0.270 e. The van der Waals surface area contributed by atoms with E-state index in [-0.39, 0.29) is 5.69 Å². The Morgan fingerprint density at radius 3 is 2.73 bits per heavy atom. The Morgan fingerprint density at radius 1 is 1.64 bits per heavy atom. The quantitative estimate of drug-likeness (QED) is 0.636. The van der Waals surface area contributed by atoms with E-state index >= 15 is 0 Å². The van der Waals surface area contributed by atoms with E-state index in [4.69, 9.17) is 23.2 Å². The molecule has 58 valence electrons. The van der Waals surface area contributed by atoms with E-state index in [1.807, 2.05) is 0 Å². The Morgan fingerprint density at radius 2 is 2.27 bits per heavy atom. The molecule has 0 aliphatic rings. The number of carbonyl (C=O) groups excluding carboxylic acids is 1. The highest BCUT2D eigenvalue weighted by molar-refractivity contribution is 6.67. The molecule has 0 aromatic carbocycles. The molecule has 2 nitrogen and oxygen atoms in total. The number of hydrogen-bond acceptors (Lipinski definition) is 2. The van der Waals surface area contributed by atoms with Crippen molar-refractivity contribution < 1.29 is 4.79 Å². The third kappa shape index (κ3) is 1.91. The Labute approximate surface area is 74.1 Å². The minimum absolute atomic E-state index is 0.183. The van der Waals surface area contributed by atoms with E-state index in [9.17, 15) is 4.79 Å². The predicted molar refractivity (Wildman–Crippen MR) is 44.2 cm³/mol. The van der Waals surface area contributed by atoms with Gasteiger partial charge < -0.3 is 0 Å². The molecule has 1 heterocycles. The lowest BCUT2D eigenvalue weighted by Crippen LogP contribution is -1.93. The van der Waals surface area contributed by atoms with Crippen LogP contribution < -0.4 is 0 Å². The van der Waals surface area contributed by atoms with Gasteiger partial charge in [0, 0.05) is 11.2 Å². The van der Waals surface area contributed by atoms with E-state index in [1.165, 1.54) is 12.3 Å². The predicted octanol–water partition coefficient (Wildman–Crippen LogP) is 2.42. The Kier molecular flexibility index (Phi) is 2.47. The molecule has 1 aromatic heterocycles. The number of hydrogen-bond donors (Lipinski definition) is 0. The average molecular weight is 190 g/mol. The molecule has 4 heteroatoms. The van der Waals surface area contributed by atoms with Gasteiger partial charge in [-0.1, -0.05) is 11.6 Å². The first-order valence-corrected chi connectivity index (χ1v) is 3.69. The molecule has 1 rings (SSSR count). The Hall–Kier alpha value is -0.600. The van der Waals surface area contributed by atoms with Crippen molar-refractivity contribution in [3.8, 4) is 0 Å². The van der Waals surface area contributed by atoms with Gasteiger partial charge in [-0.05, 0) is 30.2 Å². The molecule has 0 saturated heterocycles. The van der Waals surface area contributed by atoms with Crippen LogP contribution in [0, 0.1) is 6.92 Å². The van der Waals surface area contributed by atoms with Crippen molar-refractivity contribution in [1.82, 2.24) is 4.98 Å². The van der Waals surface area contributed by atoms with Gasteiger partial charge in [-0.2, -0.15) is 0 Å². The molecule has 0 radical (unpaired) electrons. The Balaban J connectivity index is 3.15. The molecular weight excluding hydrogens is 185 g/mol. The summed E-state index contributed by atoms with van der Waals surface area (Å²) in [6.07, 6.45) is 1.51. The summed E-state index contributed by atoms with van der Waals surface area (Å²) in [6.45, 7) is 1.80. The monoisotopic (exact) mass is 189 g/mol. The normalized spacial score (nSPS) is 9.73. The van der Waals surface area contributed by atoms with Crippen LogP contribution >= 0.6 is 23.2 Å².